The van der Waals surface area contributed by atoms with Gasteiger partial charge in [0.2, 0.25) is 11.8 Å². The van der Waals surface area contributed by atoms with E-state index >= 15 is 0 Å². The molecule has 0 saturated carbocycles. The van der Waals surface area contributed by atoms with Gasteiger partial charge in [0.15, 0.2) is 0 Å². The molecule has 2 fully saturated rings. The molecule has 2 N–H and O–H groups in total. The third kappa shape index (κ3) is 4.48. The van der Waals surface area contributed by atoms with Gasteiger partial charge in [-0.3, -0.25) is 14.5 Å². The Morgan fingerprint density at radius 3 is 2.52 bits per heavy atom. The minimum absolute atomic E-state index is 0.00802. The van der Waals surface area contributed by atoms with Crippen molar-refractivity contribution in [2.24, 2.45) is 0 Å². The standard InChI is InChI=1S/C20H29N3O4/c1-2-19(26)23-16(12-21-18(25)13-22-8-10-27-11-9-22)20(17(23)14-24)15-6-4-3-5-7-15/h3-7,16-17,20,24H,2,8-14H2,1H3,(H,21,25)/t16-,17-,20+/m0/s1. The summed E-state index contributed by atoms with van der Waals surface area (Å²) in [6.45, 7) is 5.31. The summed E-state index contributed by atoms with van der Waals surface area (Å²) in [5.41, 5.74) is 1.09. The minimum atomic E-state index is -0.235. The van der Waals surface area contributed by atoms with Crippen molar-refractivity contribution in [3.05, 3.63) is 35.9 Å². The van der Waals surface area contributed by atoms with Crippen molar-refractivity contribution >= 4 is 11.8 Å². The lowest BCUT2D eigenvalue weighted by Crippen LogP contribution is -2.68. The maximum Gasteiger partial charge on any atom is 0.234 e. The van der Waals surface area contributed by atoms with E-state index in [0.717, 1.165) is 18.7 Å². The Morgan fingerprint density at radius 1 is 1.19 bits per heavy atom. The second-order valence-electron chi connectivity index (χ2n) is 7.10. The topological polar surface area (TPSA) is 82.1 Å². The van der Waals surface area contributed by atoms with E-state index in [1.807, 2.05) is 37.3 Å². The van der Waals surface area contributed by atoms with E-state index in [1.54, 1.807) is 4.90 Å². The average molecular weight is 375 g/mol. The van der Waals surface area contributed by atoms with Crippen molar-refractivity contribution in [1.82, 2.24) is 15.1 Å². The van der Waals surface area contributed by atoms with E-state index in [2.05, 4.69) is 10.2 Å². The van der Waals surface area contributed by atoms with Crippen molar-refractivity contribution in [2.75, 3.05) is 46.0 Å². The number of aliphatic hydroxyl groups excluding tert-OH is 1. The average Bonchev–Trinajstić information content (AvgIpc) is 2.68. The van der Waals surface area contributed by atoms with Gasteiger partial charge >= 0.3 is 0 Å². The number of nitrogens with zero attached hydrogens (tertiary/aromatic N) is 2. The van der Waals surface area contributed by atoms with E-state index in [4.69, 9.17) is 4.74 Å². The van der Waals surface area contributed by atoms with Crippen LogP contribution < -0.4 is 5.32 Å². The zero-order valence-electron chi connectivity index (χ0n) is 15.8. The monoisotopic (exact) mass is 375 g/mol. The second kappa shape index (κ2) is 9.30. The number of likely N-dealkylation sites (tertiary alicyclic amines) is 1. The van der Waals surface area contributed by atoms with Crippen molar-refractivity contribution in [3.8, 4) is 0 Å². The maximum absolute atomic E-state index is 12.4. The number of rotatable bonds is 7. The first-order chi connectivity index (χ1) is 13.2. The molecule has 1 aromatic rings. The highest BCUT2D eigenvalue weighted by molar-refractivity contribution is 5.80. The number of aliphatic hydroxyl groups is 1. The van der Waals surface area contributed by atoms with Gasteiger partial charge in [-0.05, 0) is 5.56 Å². The zero-order valence-corrected chi connectivity index (χ0v) is 15.8. The first-order valence-electron chi connectivity index (χ1n) is 9.69. The number of hydrogen-bond acceptors (Lipinski definition) is 5. The Balaban J connectivity index is 1.65. The number of carbonyl (C=O) groups excluding carboxylic acids is 2. The quantitative estimate of drug-likeness (QED) is 0.712. The van der Waals surface area contributed by atoms with Gasteiger partial charge < -0.3 is 20.1 Å². The molecular formula is C20H29N3O4. The summed E-state index contributed by atoms with van der Waals surface area (Å²) in [6, 6.07) is 9.54. The molecule has 148 valence electrons. The van der Waals surface area contributed by atoms with Crippen LogP contribution in [0.3, 0.4) is 0 Å². The van der Waals surface area contributed by atoms with Crippen molar-refractivity contribution < 1.29 is 19.4 Å². The van der Waals surface area contributed by atoms with Crippen molar-refractivity contribution in [3.63, 3.8) is 0 Å². The summed E-state index contributed by atoms with van der Waals surface area (Å²) < 4.78 is 5.30. The molecule has 27 heavy (non-hydrogen) atoms. The van der Waals surface area contributed by atoms with Crippen LogP contribution in [0, 0.1) is 0 Å². The van der Waals surface area contributed by atoms with Crippen LogP contribution in [0.15, 0.2) is 30.3 Å². The Hall–Kier alpha value is -1.96. The Kier molecular flexibility index (Phi) is 6.82. The number of nitrogens with one attached hydrogen (secondary N) is 1. The highest BCUT2D eigenvalue weighted by Crippen LogP contribution is 2.40. The van der Waals surface area contributed by atoms with E-state index < -0.39 is 0 Å². The first kappa shape index (κ1) is 19.8. The number of hydrogen-bond donors (Lipinski definition) is 2. The van der Waals surface area contributed by atoms with Gasteiger partial charge in [-0.2, -0.15) is 0 Å². The molecule has 0 radical (unpaired) electrons. The third-order valence-corrected chi connectivity index (χ3v) is 5.48. The van der Waals surface area contributed by atoms with Gasteiger partial charge in [0.1, 0.15) is 0 Å². The van der Waals surface area contributed by atoms with Crippen LogP contribution in [0.5, 0.6) is 0 Å². The summed E-state index contributed by atoms with van der Waals surface area (Å²) in [5.74, 6) is -0.0101. The molecular weight excluding hydrogens is 346 g/mol. The molecule has 0 bridgehead atoms. The second-order valence-corrected chi connectivity index (χ2v) is 7.10. The fourth-order valence-electron chi connectivity index (χ4n) is 4.08. The highest BCUT2D eigenvalue weighted by atomic mass is 16.5. The van der Waals surface area contributed by atoms with Crippen LogP contribution in [-0.2, 0) is 14.3 Å². The Labute approximate surface area is 160 Å². The number of amides is 2. The molecule has 3 atom stereocenters. The van der Waals surface area contributed by atoms with Crippen LogP contribution in [-0.4, -0.2) is 84.8 Å². The summed E-state index contributed by atoms with van der Waals surface area (Å²) in [6.07, 6.45) is 0.385. The SMILES string of the molecule is CCC(=O)N1[C@@H](CO)[C@H](c2ccccc2)[C@@H]1CNC(=O)CN1CCOCC1. The molecule has 0 aliphatic carbocycles. The summed E-state index contributed by atoms with van der Waals surface area (Å²) in [7, 11) is 0. The molecule has 1 aromatic carbocycles. The molecule has 0 spiro atoms. The molecule has 7 nitrogen and oxygen atoms in total. The van der Waals surface area contributed by atoms with Gasteiger partial charge in [-0.15, -0.1) is 0 Å². The molecule has 3 rings (SSSR count). The Morgan fingerprint density at radius 2 is 1.89 bits per heavy atom. The van der Waals surface area contributed by atoms with Crippen LogP contribution in [0.1, 0.15) is 24.8 Å². The van der Waals surface area contributed by atoms with E-state index in [0.29, 0.717) is 32.7 Å². The molecule has 7 heteroatoms. The minimum Gasteiger partial charge on any atom is -0.394 e. The van der Waals surface area contributed by atoms with Gasteiger partial charge in [0.05, 0.1) is 38.4 Å². The van der Waals surface area contributed by atoms with Gasteiger partial charge in [-0.25, -0.2) is 0 Å². The van der Waals surface area contributed by atoms with Gasteiger partial charge in [0, 0.05) is 32.0 Å². The van der Waals surface area contributed by atoms with Crippen LogP contribution in [0.25, 0.3) is 0 Å². The molecule has 2 amide bonds. The van der Waals surface area contributed by atoms with Crippen LogP contribution >= 0.6 is 0 Å². The number of carbonyl (C=O) groups is 2. The van der Waals surface area contributed by atoms with E-state index in [-0.39, 0.29) is 36.4 Å². The lowest BCUT2D eigenvalue weighted by Gasteiger charge is -2.55. The van der Waals surface area contributed by atoms with Gasteiger partial charge in [-0.1, -0.05) is 37.3 Å². The van der Waals surface area contributed by atoms with E-state index in [9.17, 15) is 14.7 Å². The number of benzene rings is 1. The Bertz CT molecular complexity index is 633. The third-order valence-electron chi connectivity index (χ3n) is 5.48. The number of ether oxygens (including phenoxy) is 1. The normalized spacial score (nSPS) is 25.7. The van der Waals surface area contributed by atoms with Crippen molar-refractivity contribution in [2.45, 2.75) is 31.3 Å². The zero-order chi connectivity index (χ0) is 19.2. The summed E-state index contributed by atoms with van der Waals surface area (Å²) in [4.78, 5) is 28.6. The fraction of sp³-hybridized carbons (Fsp3) is 0.600. The lowest BCUT2D eigenvalue weighted by atomic mass is 9.75. The van der Waals surface area contributed by atoms with Crippen LogP contribution in [0.2, 0.25) is 0 Å². The molecule has 2 aliphatic rings. The largest absolute Gasteiger partial charge is 0.394 e. The summed E-state index contributed by atoms with van der Waals surface area (Å²) in [5, 5.41) is 12.8. The van der Waals surface area contributed by atoms with Gasteiger partial charge in [0.25, 0.3) is 0 Å². The summed E-state index contributed by atoms with van der Waals surface area (Å²) >= 11 is 0. The number of morpholine rings is 1. The highest BCUT2D eigenvalue weighted by Gasteiger charge is 2.50. The van der Waals surface area contributed by atoms with Crippen molar-refractivity contribution in [1.29, 1.82) is 0 Å². The molecule has 2 aliphatic heterocycles. The lowest BCUT2D eigenvalue weighted by molar-refractivity contribution is -0.150. The first-order valence-corrected chi connectivity index (χ1v) is 9.69. The maximum atomic E-state index is 12.4. The fourth-order valence-corrected chi connectivity index (χ4v) is 4.08. The predicted octanol–water partition coefficient (Wildman–Crippen LogP) is 0.200. The van der Waals surface area contributed by atoms with E-state index in [1.165, 1.54) is 0 Å². The molecule has 0 aromatic heterocycles. The smallest absolute Gasteiger partial charge is 0.234 e. The molecule has 0 unspecified atom stereocenters. The predicted molar refractivity (Wildman–Crippen MR) is 101 cm³/mol. The molecule has 2 saturated heterocycles. The van der Waals surface area contributed by atoms with Crippen LogP contribution in [0.4, 0.5) is 0 Å². The molecule has 2 heterocycles.